The van der Waals surface area contributed by atoms with E-state index in [0.717, 1.165) is 18.9 Å². The van der Waals surface area contributed by atoms with E-state index in [-0.39, 0.29) is 0 Å². The van der Waals surface area contributed by atoms with Crippen molar-refractivity contribution in [3.63, 3.8) is 0 Å². The molecule has 0 amide bonds. The van der Waals surface area contributed by atoms with Crippen LogP contribution >= 0.6 is 0 Å². The fraction of sp³-hybridized carbons (Fsp3) is 0.929. The van der Waals surface area contributed by atoms with E-state index in [4.69, 9.17) is 0 Å². The summed E-state index contributed by atoms with van der Waals surface area (Å²) in [6.07, 6.45) is 9.34. The van der Waals surface area contributed by atoms with Gasteiger partial charge in [0.15, 0.2) is 0 Å². The van der Waals surface area contributed by atoms with Crippen LogP contribution in [-0.4, -0.2) is 12.3 Å². The van der Waals surface area contributed by atoms with Gasteiger partial charge in [0, 0.05) is 12.3 Å². The minimum Gasteiger partial charge on any atom is -0.294 e. The van der Waals surface area contributed by atoms with Gasteiger partial charge in [-0.1, -0.05) is 52.9 Å². The summed E-state index contributed by atoms with van der Waals surface area (Å²) >= 11 is 0. The maximum Gasteiger partial charge on any atom is 0.0388 e. The van der Waals surface area contributed by atoms with Crippen molar-refractivity contribution in [1.82, 2.24) is 0 Å². The first kappa shape index (κ1) is 14.7. The molecule has 0 fully saturated rings. The smallest absolute Gasteiger partial charge is 0.0388 e. The second-order valence-electron chi connectivity index (χ2n) is 4.98. The summed E-state index contributed by atoms with van der Waals surface area (Å²) in [6.45, 7) is 9.98. The Bertz CT molecular complexity index is 159. The molecule has 1 heteroatoms. The van der Waals surface area contributed by atoms with Crippen molar-refractivity contribution >= 4 is 5.71 Å². The van der Waals surface area contributed by atoms with Gasteiger partial charge in [0.2, 0.25) is 0 Å². The zero-order valence-electron chi connectivity index (χ0n) is 11.2. The molecule has 0 aromatic rings. The SMILES string of the molecule is CCCCCCCCN=C(C)CC(C)C. The predicted molar refractivity (Wildman–Crippen MR) is 70.8 cm³/mol. The zero-order chi connectivity index (χ0) is 11.5. The van der Waals surface area contributed by atoms with Gasteiger partial charge in [-0.3, -0.25) is 4.99 Å². The van der Waals surface area contributed by atoms with Crippen molar-refractivity contribution in [2.24, 2.45) is 10.9 Å². The molecule has 0 saturated carbocycles. The topological polar surface area (TPSA) is 12.4 Å². The quantitative estimate of drug-likeness (QED) is 0.382. The fourth-order valence-corrected chi connectivity index (χ4v) is 1.82. The summed E-state index contributed by atoms with van der Waals surface area (Å²) in [5, 5.41) is 0. The van der Waals surface area contributed by atoms with E-state index in [1.165, 1.54) is 44.2 Å². The van der Waals surface area contributed by atoms with E-state index < -0.39 is 0 Å². The van der Waals surface area contributed by atoms with E-state index in [1.54, 1.807) is 0 Å². The highest BCUT2D eigenvalue weighted by atomic mass is 14.7. The molecule has 0 atom stereocenters. The Hall–Kier alpha value is -0.330. The molecule has 0 rings (SSSR count). The van der Waals surface area contributed by atoms with Crippen LogP contribution in [0, 0.1) is 5.92 Å². The van der Waals surface area contributed by atoms with E-state index >= 15 is 0 Å². The second kappa shape index (κ2) is 10.2. The van der Waals surface area contributed by atoms with E-state index in [2.05, 4.69) is 32.7 Å². The first-order valence-corrected chi connectivity index (χ1v) is 6.66. The Morgan fingerprint density at radius 2 is 1.60 bits per heavy atom. The molecule has 0 aromatic carbocycles. The van der Waals surface area contributed by atoms with Crippen LogP contribution in [0.4, 0.5) is 0 Å². The molecule has 90 valence electrons. The zero-order valence-corrected chi connectivity index (χ0v) is 11.2. The Morgan fingerprint density at radius 1 is 1.00 bits per heavy atom. The number of rotatable bonds is 9. The standard InChI is InChI=1S/C14H29N/c1-5-6-7-8-9-10-11-15-14(4)12-13(2)3/h13H,5-12H2,1-4H3. The number of aliphatic imine (C=N–C) groups is 1. The third-order valence-electron chi connectivity index (χ3n) is 2.60. The van der Waals surface area contributed by atoms with Crippen LogP contribution in [0.5, 0.6) is 0 Å². The van der Waals surface area contributed by atoms with Gasteiger partial charge in [0.25, 0.3) is 0 Å². The lowest BCUT2D eigenvalue weighted by atomic mass is 10.1. The van der Waals surface area contributed by atoms with Crippen LogP contribution < -0.4 is 0 Å². The van der Waals surface area contributed by atoms with Crippen molar-refractivity contribution in [3.8, 4) is 0 Å². The molecule has 0 bridgehead atoms. The predicted octanol–water partition coefficient (Wildman–Crippen LogP) is 4.85. The second-order valence-corrected chi connectivity index (χ2v) is 4.98. The first-order valence-electron chi connectivity index (χ1n) is 6.66. The summed E-state index contributed by atoms with van der Waals surface area (Å²) in [4.78, 5) is 4.60. The van der Waals surface area contributed by atoms with Gasteiger partial charge in [-0.25, -0.2) is 0 Å². The Kier molecular flexibility index (Phi) is 9.97. The monoisotopic (exact) mass is 211 g/mol. The Balaban J connectivity index is 3.28. The maximum atomic E-state index is 4.60. The maximum absolute atomic E-state index is 4.60. The summed E-state index contributed by atoms with van der Waals surface area (Å²) in [5.41, 5.74) is 1.33. The minimum atomic E-state index is 0.748. The Morgan fingerprint density at radius 3 is 2.20 bits per heavy atom. The third-order valence-corrected chi connectivity index (χ3v) is 2.60. The van der Waals surface area contributed by atoms with Gasteiger partial charge >= 0.3 is 0 Å². The molecule has 0 aliphatic carbocycles. The van der Waals surface area contributed by atoms with Crippen molar-refractivity contribution < 1.29 is 0 Å². The summed E-state index contributed by atoms with van der Waals surface area (Å²) in [6, 6.07) is 0. The van der Waals surface area contributed by atoms with Crippen molar-refractivity contribution in [2.75, 3.05) is 6.54 Å². The summed E-state index contributed by atoms with van der Waals surface area (Å²) < 4.78 is 0. The molecule has 0 radical (unpaired) electrons. The molecule has 0 N–H and O–H groups in total. The number of hydrogen-bond acceptors (Lipinski definition) is 1. The number of nitrogens with zero attached hydrogens (tertiary/aromatic N) is 1. The van der Waals surface area contributed by atoms with Gasteiger partial charge < -0.3 is 0 Å². The van der Waals surface area contributed by atoms with Gasteiger partial charge in [0.1, 0.15) is 0 Å². The van der Waals surface area contributed by atoms with Crippen LogP contribution in [0.25, 0.3) is 0 Å². The number of unbranched alkanes of at least 4 members (excludes halogenated alkanes) is 5. The van der Waals surface area contributed by atoms with E-state index in [9.17, 15) is 0 Å². The Labute approximate surface area is 96.4 Å². The molecule has 0 spiro atoms. The van der Waals surface area contributed by atoms with Gasteiger partial charge in [0.05, 0.1) is 0 Å². The molecule has 1 nitrogen and oxygen atoms in total. The highest BCUT2D eigenvalue weighted by Gasteiger charge is 1.96. The molecule has 0 aliphatic heterocycles. The normalized spacial score (nSPS) is 12.5. The van der Waals surface area contributed by atoms with Crippen LogP contribution in [0.1, 0.15) is 72.6 Å². The molecular weight excluding hydrogens is 182 g/mol. The minimum absolute atomic E-state index is 0.748. The summed E-state index contributed by atoms with van der Waals surface area (Å²) in [7, 11) is 0. The van der Waals surface area contributed by atoms with Crippen molar-refractivity contribution in [1.29, 1.82) is 0 Å². The van der Waals surface area contributed by atoms with Crippen LogP contribution in [-0.2, 0) is 0 Å². The van der Waals surface area contributed by atoms with Crippen LogP contribution in [0.2, 0.25) is 0 Å². The highest BCUT2D eigenvalue weighted by Crippen LogP contribution is 2.06. The van der Waals surface area contributed by atoms with E-state index in [0.29, 0.717) is 0 Å². The van der Waals surface area contributed by atoms with Crippen LogP contribution in [0.3, 0.4) is 0 Å². The number of hydrogen-bond donors (Lipinski definition) is 0. The first-order chi connectivity index (χ1) is 7.16. The lowest BCUT2D eigenvalue weighted by molar-refractivity contribution is 0.611. The third kappa shape index (κ3) is 11.6. The van der Waals surface area contributed by atoms with Crippen molar-refractivity contribution in [3.05, 3.63) is 0 Å². The van der Waals surface area contributed by atoms with Crippen LogP contribution in [0.15, 0.2) is 4.99 Å². The molecule has 0 unspecified atom stereocenters. The molecular formula is C14H29N. The molecule has 0 saturated heterocycles. The lowest BCUT2D eigenvalue weighted by Gasteiger charge is -2.04. The van der Waals surface area contributed by atoms with Gasteiger partial charge in [-0.15, -0.1) is 0 Å². The average Bonchev–Trinajstić information content (AvgIpc) is 2.15. The van der Waals surface area contributed by atoms with E-state index in [1.807, 2.05) is 0 Å². The van der Waals surface area contributed by atoms with Gasteiger partial charge in [-0.2, -0.15) is 0 Å². The van der Waals surface area contributed by atoms with Gasteiger partial charge in [-0.05, 0) is 25.7 Å². The molecule has 0 aliphatic rings. The largest absolute Gasteiger partial charge is 0.294 e. The lowest BCUT2D eigenvalue weighted by Crippen LogP contribution is -1.99. The van der Waals surface area contributed by atoms with Crippen molar-refractivity contribution in [2.45, 2.75) is 72.6 Å². The highest BCUT2D eigenvalue weighted by molar-refractivity contribution is 5.81. The molecule has 0 heterocycles. The molecule has 0 aromatic heterocycles. The summed E-state index contributed by atoms with van der Waals surface area (Å²) in [5.74, 6) is 0.748. The fourth-order valence-electron chi connectivity index (χ4n) is 1.82. The molecule has 15 heavy (non-hydrogen) atoms. The average molecular weight is 211 g/mol.